The second kappa shape index (κ2) is 8.64. The normalized spacial score (nSPS) is 15.4. The zero-order chi connectivity index (χ0) is 18.5. The van der Waals surface area contributed by atoms with Crippen LogP contribution in [0.2, 0.25) is 0 Å². The van der Waals surface area contributed by atoms with Gasteiger partial charge in [0.15, 0.2) is 5.11 Å². The van der Waals surface area contributed by atoms with Crippen molar-refractivity contribution in [2.24, 2.45) is 7.05 Å². The van der Waals surface area contributed by atoms with Crippen LogP contribution in [0.15, 0.2) is 18.5 Å². The van der Waals surface area contributed by atoms with Crippen molar-refractivity contribution >= 4 is 17.3 Å². The molecule has 7 nitrogen and oxygen atoms in total. The van der Waals surface area contributed by atoms with Crippen molar-refractivity contribution in [3.8, 4) is 0 Å². The van der Waals surface area contributed by atoms with E-state index in [0.29, 0.717) is 0 Å². The van der Waals surface area contributed by atoms with Crippen molar-refractivity contribution < 1.29 is 0 Å². The molecule has 26 heavy (non-hydrogen) atoms. The summed E-state index contributed by atoms with van der Waals surface area (Å²) in [4.78, 5) is 4.73. The molecule has 8 heteroatoms. The highest BCUT2D eigenvalue weighted by Gasteiger charge is 2.19. The molecule has 2 aromatic heterocycles. The monoisotopic (exact) mass is 375 g/mol. The molecule has 3 rings (SSSR count). The molecular formula is C18H29N7S. The minimum atomic E-state index is 0.874. The van der Waals surface area contributed by atoms with Gasteiger partial charge in [-0.15, -0.1) is 0 Å². The van der Waals surface area contributed by atoms with E-state index in [1.54, 1.807) is 0 Å². The van der Waals surface area contributed by atoms with Crippen molar-refractivity contribution in [2.45, 2.75) is 33.4 Å². The highest BCUT2D eigenvalue weighted by Crippen LogP contribution is 2.08. The molecule has 1 aliphatic rings. The molecule has 3 heterocycles. The molecule has 0 atom stereocenters. The molecule has 1 fully saturated rings. The summed E-state index contributed by atoms with van der Waals surface area (Å²) < 4.78 is 3.92. The zero-order valence-electron chi connectivity index (χ0n) is 16.0. The van der Waals surface area contributed by atoms with Crippen molar-refractivity contribution in [2.75, 3.05) is 32.7 Å². The van der Waals surface area contributed by atoms with Gasteiger partial charge in [-0.1, -0.05) is 0 Å². The second-order valence-corrected chi connectivity index (χ2v) is 7.41. The Kier molecular flexibility index (Phi) is 6.26. The van der Waals surface area contributed by atoms with Crippen LogP contribution in [0.1, 0.15) is 23.4 Å². The lowest BCUT2D eigenvalue weighted by Crippen LogP contribution is -2.51. The van der Waals surface area contributed by atoms with Crippen LogP contribution in [0.3, 0.4) is 0 Å². The Morgan fingerprint density at radius 1 is 1.23 bits per heavy atom. The van der Waals surface area contributed by atoms with Crippen molar-refractivity contribution in [1.82, 2.24) is 34.7 Å². The average Bonchev–Trinajstić information content (AvgIpc) is 3.16. The lowest BCUT2D eigenvalue weighted by Gasteiger charge is -2.36. The number of hydrogen-bond acceptors (Lipinski definition) is 4. The van der Waals surface area contributed by atoms with Crippen LogP contribution < -0.4 is 5.32 Å². The number of aryl methyl sites for hydroxylation is 4. The fraction of sp³-hybridized carbons (Fsp3) is 0.611. The van der Waals surface area contributed by atoms with E-state index < -0.39 is 0 Å². The fourth-order valence-corrected chi connectivity index (χ4v) is 3.64. The summed E-state index contributed by atoms with van der Waals surface area (Å²) in [5.41, 5.74) is 3.57. The van der Waals surface area contributed by atoms with E-state index in [-0.39, 0.29) is 0 Å². The minimum Gasteiger partial charge on any atom is -0.362 e. The largest absolute Gasteiger partial charge is 0.362 e. The maximum Gasteiger partial charge on any atom is 0.169 e. The maximum atomic E-state index is 5.57. The Morgan fingerprint density at radius 2 is 2.00 bits per heavy atom. The highest BCUT2D eigenvalue weighted by molar-refractivity contribution is 7.80. The molecule has 0 amide bonds. The summed E-state index contributed by atoms with van der Waals surface area (Å²) in [6.07, 6.45) is 5.05. The molecule has 0 spiro atoms. The van der Waals surface area contributed by atoms with Crippen LogP contribution in [0, 0.1) is 13.8 Å². The number of thiocarbonyl (C=S) groups is 1. The van der Waals surface area contributed by atoms with Crippen LogP contribution >= 0.6 is 12.2 Å². The van der Waals surface area contributed by atoms with Gasteiger partial charge < -0.3 is 10.2 Å². The Labute approximate surface area is 161 Å². The van der Waals surface area contributed by atoms with E-state index in [2.05, 4.69) is 49.2 Å². The van der Waals surface area contributed by atoms with Crippen LogP contribution in [0.5, 0.6) is 0 Å². The van der Waals surface area contributed by atoms with E-state index in [4.69, 9.17) is 12.2 Å². The summed E-state index contributed by atoms with van der Waals surface area (Å²) in [5, 5.41) is 13.0. The molecule has 1 saturated heterocycles. The molecule has 1 N–H and O–H groups in total. The molecule has 0 bridgehead atoms. The van der Waals surface area contributed by atoms with Crippen LogP contribution in [0.4, 0.5) is 0 Å². The quantitative estimate of drug-likeness (QED) is 0.607. The van der Waals surface area contributed by atoms with E-state index in [1.165, 1.54) is 11.3 Å². The predicted octanol–water partition coefficient (Wildman–Crippen LogP) is 1.32. The highest BCUT2D eigenvalue weighted by atomic mass is 32.1. The van der Waals surface area contributed by atoms with E-state index in [0.717, 1.165) is 63.0 Å². The number of nitrogens with one attached hydrogen (secondary N) is 1. The van der Waals surface area contributed by atoms with E-state index in [1.807, 2.05) is 24.9 Å². The molecule has 0 aromatic carbocycles. The van der Waals surface area contributed by atoms with Gasteiger partial charge in [0.05, 0.1) is 11.9 Å². The first kappa shape index (κ1) is 18.8. The van der Waals surface area contributed by atoms with Gasteiger partial charge in [-0.3, -0.25) is 14.3 Å². The van der Waals surface area contributed by atoms with Crippen LogP contribution in [0.25, 0.3) is 0 Å². The van der Waals surface area contributed by atoms with Crippen molar-refractivity contribution in [3.63, 3.8) is 0 Å². The molecule has 142 valence electrons. The molecule has 2 aromatic rings. The topological polar surface area (TPSA) is 54.2 Å². The van der Waals surface area contributed by atoms with Crippen LogP contribution in [-0.2, 0) is 20.1 Å². The number of aromatic nitrogens is 4. The van der Waals surface area contributed by atoms with Gasteiger partial charge in [0.1, 0.15) is 0 Å². The Bertz CT molecular complexity index is 728. The number of piperazine rings is 1. The summed E-state index contributed by atoms with van der Waals surface area (Å²) in [5.74, 6) is 0. The first-order valence-electron chi connectivity index (χ1n) is 9.25. The SMILES string of the molecule is Cc1cc(C)n(CCCNC(=S)N2CCN(Cc3cnn(C)c3)CC2)n1. The third kappa shape index (κ3) is 5.04. The summed E-state index contributed by atoms with van der Waals surface area (Å²) in [7, 11) is 1.96. The lowest BCUT2D eigenvalue weighted by molar-refractivity contribution is 0.174. The smallest absolute Gasteiger partial charge is 0.169 e. The van der Waals surface area contributed by atoms with Crippen molar-refractivity contribution in [1.29, 1.82) is 0 Å². The van der Waals surface area contributed by atoms with Crippen molar-refractivity contribution in [3.05, 3.63) is 35.4 Å². The third-order valence-corrected chi connectivity index (χ3v) is 5.15. The summed E-state index contributed by atoms with van der Waals surface area (Å²) in [6, 6.07) is 2.11. The lowest BCUT2D eigenvalue weighted by atomic mass is 10.2. The standard InChI is InChI=1S/C18H29N7S/c1-15-11-16(2)25(21-15)6-4-5-19-18(26)24-9-7-23(8-10-24)14-17-12-20-22(3)13-17/h11-13H,4-10,14H2,1-3H3,(H,19,26). The minimum absolute atomic E-state index is 0.874. The predicted molar refractivity (Wildman–Crippen MR) is 107 cm³/mol. The molecule has 0 aliphatic carbocycles. The average molecular weight is 376 g/mol. The molecule has 0 radical (unpaired) electrons. The summed E-state index contributed by atoms with van der Waals surface area (Å²) >= 11 is 5.57. The van der Waals surface area contributed by atoms with Gasteiger partial charge in [-0.05, 0) is 38.6 Å². The maximum absolute atomic E-state index is 5.57. The Hall–Kier alpha value is -1.93. The fourth-order valence-electron chi connectivity index (χ4n) is 3.36. The number of nitrogens with zero attached hydrogens (tertiary/aromatic N) is 6. The molecular weight excluding hydrogens is 346 g/mol. The van der Waals surface area contributed by atoms with Gasteiger partial charge in [-0.2, -0.15) is 10.2 Å². The molecule has 0 unspecified atom stereocenters. The van der Waals surface area contributed by atoms with Gasteiger partial charge in [0.2, 0.25) is 0 Å². The Balaban J connectivity index is 1.34. The number of rotatable bonds is 6. The number of hydrogen-bond donors (Lipinski definition) is 1. The zero-order valence-corrected chi connectivity index (χ0v) is 16.8. The van der Waals surface area contributed by atoms with E-state index in [9.17, 15) is 0 Å². The first-order chi connectivity index (χ1) is 12.5. The Morgan fingerprint density at radius 3 is 2.62 bits per heavy atom. The second-order valence-electron chi connectivity index (χ2n) is 7.02. The summed E-state index contributed by atoms with van der Waals surface area (Å²) in [6.45, 7) is 10.9. The van der Waals surface area contributed by atoms with Gasteiger partial charge >= 0.3 is 0 Å². The van der Waals surface area contributed by atoms with Gasteiger partial charge in [0.25, 0.3) is 0 Å². The molecule has 1 aliphatic heterocycles. The van der Waals surface area contributed by atoms with Gasteiger partial charge in [0, 0.05) is 70.3 Å². The third-order valence-electron chi connectivity index (χ3n) is 4.75. The first-order valence-corrected chi connectivity index (χ1v) is 9.66. The van der Waals surface area contributed by atoms with E-state index >= 15 is 0 Å². The van der Waals surface area contributed by atoms with Crippen LogP contribution in [-0.4, -0.2) is 67.2 Å². The van der Waals surface area contributed by atoms with Gasteiger partial charge in [-0.25, -0.2) is 0 Å². The molecule has 0 saturated carbocycles.